The summed E-state index contributed by atoms with van der Waals surface area (Å²) in [4.78, 5) is 12.4. The topological polar surface area (TPSA) is 46.3 Å². The van der Waals surface area contributed by atoms with Gasteiger partial charge in [0.2, 0.25) is 5.91 Å². The van der Waals surface area contributed by atoms with Gasteiger partial charge < -0.3 is 10.6 Å². The number of hydrogen-bond donors (Lipinski definition) is 1. The Kier molecular flexibility index (Phi) is 2.31. The van der Waals surface area contributed by atoms with Gasteiger partial charge in [0.15, 0.2) is 0 Å². The monoisotopic (exact) mass is 140 g/mol. The van der Waals surface area contributed by atoms with E-state index in [2.05, 4.69) is 4.90 Å². The Labute approximate surface area is 60.5 Å². The number of nitrogens with zero attached hydrogens (tertiary/aromatic N) is 1. The standard InChI is InChI=1S/C7H12N2O/c8-7(10)3-6-9-4-1-2-5-9/h3,6H,1-2,4-5H2,(H2,8,10). The number of amides is 1. The van der Waals surface area contributed by atoms with Gasteiger partial charge in [-0.2, -0.15) is 0 Å². The van der Waals surface area contributed by atoms with E-state index < -0.39 is 0 Å². The Morgan fingerprint density at radius 3 is 2.50 bits per heavy atom. The van der Waals surface area contributed by atoms with Crippen LogP contribution in [-0.2, 0) is 4.79 Å². The van der Waals surface area contributed by atoms with Crippen LogP contribution in [-0.4, -0.2) is 23.9 Å². The van der Waals surface area contributed by atoms with Crippen LogP contribution >= 0.6 is 0 Å². The summed E-state index contributed by atoms with van der Waals surface area (Å²) in [6.45, 7) is 2.12. The molecule has 0 aromatic heterocycles. The van der Waals surface area contributed by atoms with Crippen molar-refractivity contribution in [1.82, 2.24) is 4.90 Å². The van der Waals surface area contributed by atoms with Crippen molar-refractivity contribution in [2.24, 2.45) is 5.73 Å². The summed E-state index contributed by atoms with van der Waals surface area (Å²) in [6, 6.07) is 0. The fourth-order valence-electron chi connectivity index (χ4n) is 1.07. The molecule has 3 heteroatoms. The second kappa shape index (κ2) is 3.25. The highest BCUT2D eigenvalue weighted by molar-refractivity contribution is 5.85. The van der Waals surface area contributed by atoms with Crippen molar-refractivity contribution < 1.29 is 4.79 Å². The first-order chi connectivity index (χ1) is 4.79. The van der Waals surface area contributed by atoms with Gasteiger partial charge >= 0.3 is 0 Å². The molecule has 0 aromatic carbocycles. The average molecular weight is 140 g/mol. The van der Waals surface area contributed by atoms with E-state index in [0.29, 0.717) is 0 Å². The second-order valence-electron chi connectivity index (χ2n) is 2.46. The van der Waals surface area contributed by atoms with Crippen LogP contribution < -0.4 is 5.73 Å². The number of carbonyl (C=O) groups is 1. The second-order valence-corrected chi connectivity index (χ2v) is 2.46. The van der Waals surface area contributed by atoms with Crippen molar-refractivity contribution >= 4 is 5.91 Å². The van der Waals surface area contributed by atoms with Crippen LogP contribution in [0.15, 0.2) is 12.3 Å². The summed E-state index contributed by atoms with van der Waals surface area (Å²) in [5.74, 6) is -0.369. The predicted molar refractivity (Wildman–Crippen MR) is 39.1 cm³/mol. The quantitative estimate of drug-likeness (QED) is 0.552. The molecule has 0 atom stereocenters. The van der Waals surface area contributed by atoms with Gasteiger partial charge in [-0.3, -0.25) is 4.79 Å². The molecule has 3 nitrogen and oxygen atoms in total. The van der Waals surface area contributed by atoms with Gasteiger partial charge in [0, 0.05) is 25.4 Å². The molecule has 0 spiro atoms. The third-order valence-electron chi connectivity index (χ3n) is 1.59. The Morgan fingerprint density at radius 2 is 2.00 bits per heavy atom. The van der Waals surface area contributed by atoms with E-state index >= 15 is 0 Å². The van der Waals surface area contributed by atoms with Gasteiger partial charge in [-0.05, 0) is 12.8 Å². The first-order valence-corrected chi connectivity index (χ1v) is 3.51. The number of nitrogens with two attached hydrogens (primary N) is 1. The third-order valence-corrected chi connectivity index (χ3v) is 1.59. The maximum absolute atomic E-state index is 10.3. The van der Waals surface area contributed by atoms with Gasteiger partial charge in [0.1, 0.15) is 0 Å². The Bertz CT molecular complexity index is 148. The third kappa shape index (κ3) is 2.09. The van der Waals surface area contributed by atoms with Crippen LogP contribution in [0.2, 0.25) is 0 Å². The first kappa shape index (κ1) is 7.12. The van der Waals surface area contributed by atoms with Gasteiger partial charge in [-0.15, -0.1) is 0 Å². The fraction of sp³-hybridized carbons (Fsp3) is 0.571. The maximum atomic E-state index is 10.3. The van der Waals surface area contributed by atoms with E-state index in [1.807, 2.05) is 0 Å². The lowest BCUT2D eigenvalue weighted by Gasteiger charge is -2.08. The molecular weight excluding hydrogens is 128 g/mol. The zero-order valence-corrected chi connectivity index (χ0v) is 5.92. The molecule has 0 radical (unpaired) electrons. The van der Waals surface area contributed by atoms with Crippen molar-refractivity contribution in [1.29, 1.82) is 0 Å². The number of likely N-dealkylation sites (tertiary alicyclic amines) is 1. The Morgan fingerprint density at radius 1 is 1.40 bits per heavy atom. The maximum Gasteiger partial charge on any atom is 0.242 e. The lowest BCUT2D eigenvalue weighted by Crippen LogP contribution is -2.13. The van der Waals surface area contributed by atoms with E-state index in [1.165, 1.54) is 18.9 Å². The minimum Gasteiger partial charge on any atom is -0.377 e. The van der Waals surface area contributed by atoms with Crippen molar-refractivity contribution in [2.45, 2.75) is 12.8 Å². The predicted octanol–water partition coefficient (Wildman–Crippen LogP) is 0.0812. The van der Waals surface area contributed by atoms with Crippen LogP contribution in [0, 0.1) is 0 Å². The minimum absolute atomic E-state index is 0.369. The van der Waals surface area contributed by atoms with Gasteiger partial charge in [0.05, 0.1) is 0 Å². The van der Waals surface area contributed by atoms with Crippen LogP contribution in [0.25, 0.3) is 0 Å². The van der Waals surface area contributed by atoms with Gasteiger partial charge in [-0.1, -0.05) is 0 Å². The molecule has 0 bridgehead atoms. The number of carbonyl (C=O) groups excluding carboxylic acids is 1. The lowest BCUT2D eigenvalue weighted by molar-refractivity contribution is -0.113. The van der Waals surface area contributed by atoms with Crippen molar-refractivity contribution in [3.05, 3.63) is 12.3 Å². The lowest BCUT2D eigenvalue weighted by atomic mass is 10.4. The SMILES string of the molecule is NC(=O)C=CN1CCCC1. The molecule has 0 unspecified atom stereocenters. The van der Waals surface area contributed by atoms with Crippen molar-refractivity contribution in [3.63, 3.8) is 0 Å². The van der Waals surface area contributed by atoms with Crippen molar-refractivity contribution in [3.8, 4) is 0 Å². The molecule has 1 saturated heterocycles. The summed E-state index contributed by atoms with van der Waals surface area (Å²) in [5.41, 5.74) is 4.92. The van der Waals surface area contributed by atoms with E-state index in [4.69, 9.17) is 5.73 Å². The zero-order valence-electron chi connectivity index (χ0n) is 5.92. The highest BCUT2D eigenvalue weighted by atomic mass is 16.1. The number of primary amides is 1. The summed E-state index contributed by atoms with van der Waals surface area (Å²) >= 11 is 0. The normalized spacial score (nSPS) is 18.6. The Hall–Kier alpha value is -0.990. The molecule has 1 aliphatic rings. The molecule has 1 rings (SSSR count). The van der Waals surface area contributed by atoms with E-state index in [-0.39, 0.29) is 5.91 Å². The zero-order chi connectivity index (χ0) is 7.40. The molecule has 2 N–H and O–H groups in total. The van der Waals surface area contributed by atoms with Gasteiger partial charge in [-0.25, -0.2) is 0 Å². The largest absolute Gasteiger partial charge is 0.377 e. The molecule has 1 fully saturated rings. The molecule has 0 aromatic rings. The van der Waals surface area contributed by atoms with Crippen molar-refractivity contribution in [2.75, 3.05) is 13.1 Å². The van der Waals surface area contributed by atoms with E-state index in [9.17, 15) is 4.79 Å². The molecule has 1 heterocycles. The highest BCUT2D eigenvalue weighted by Crippen LogP contribution is 2.06. The van der Waals surface area contributed by atoms with E-state index in [0.717, 1.165) is 13.1 Å². The van der Waals surface area contributed by atoms with E-state index in [1.54, 1.807) is 6.20 Å². The summed E-state index contributed by atoms with van der Waals surface area (Å²) in [7, 11) is 0. The molecule has 10 heavy (non-hydrogen) atoms. The first-order valence-electron chi connectivity index (χ1n) is 3.51. The molecular formula is C7H12N2O. The van der Waals surface area contributed by atoms with Crippen LogP contribution in [0.3, 0.4) is 0 Å². The average Bonchev–Trinajstić information content (AvgIpc) is 2.34. The fourth-order valence-corrected chi connectivity index (χ4v) is 1.07. The number of hydrogen-bond acceptors (Lipinski definition) is 2. The molecule has 1 amide bonds. The highest BCUT2D eigenvalue weighted by Gasteiger charge is 2.05. The van der Waals surface area contributed by atoms with Gasteiger partial charge in [0.25, 0.3) is 0 Å². The molecule has 1 aliphatic heterocycles. The molecule has 56 valence electrons. The summed E-state index contributed by atoms with van der Waals surface area (Å²) in [6.07, 6.45) is 5.63. The molecule has 0 aliphatic carbocycles. The summed E-state index contributed by atoms with van der Waals surface area (Å²) < 4.78 is 0. The minimum atomic E-state index is -0.369. The smallest absolute Gasteiger partial charge is 0.242 e. The van der Waals surface area contributed by atoms with Crippen LogP contribution in [0.5, 0.6) is 0 Å². The Balaban J connectivity index is 2.29. The number of rotatable bonds is 2. The van der Waals surface area contributed by atoms with Crippen LogP contribution in [0.4, 0.5) is 0 Å². The molecule has 0 saturated carbocycles. The van der Waals surface area contributed by atoms with Crippen LogP contribution in [0.1, 0.15) is 12.8 Å². The summed E-state index contributed by atoms with van der Waals surface area (Å²) in [5, 5.41) is 0.